The summed E-state index contributed by atoms with van der Waals surface area (Å²) in [7, 11) is 0. The van der Waals surface area contributed by atoms with Gasteiger partial charge in [-0.25, -0.2) is 0 Å². The molecule has 0 bridgehead atoms. The fraction of sp³-hybridized carbons (Fsp3) is 0.720. The van der Waals surface area contributed by atoms with Crippen LogP contribution in [0.25, 0.3) is 0 Å². The number of carbonyl (C=O) groups excluding carboxylic acids is 1. The highest BCUT2D eigenvalue weighted by molar-refractivity contribution is 6.30. The molecular weight excluding hydrogens is 382 g/mol. The molecule has 1 aromatic carbocycles. The maximum Gasteiger partial charge on any atom is 0.263 e. The van der Waals surface area contributed by atoms with Gasteiger partial charge in [-0.2, -0.15) is 0 Å². The standard InChI is InChI=1S/C25H34ClNO2/c1-24(2,23(28)27-20-12-17-10-11-25(17)15-18(25)13-20)29-22-9-8-19(26)14-21(22)16-6-4-3-5-7-16/h8-9,14,16-18,20H,3-7,10-13,15H2,1-2H3,(H,27,28). The van der Waals surface area contributed by atoms with Crippen LogP contribution >= 0.6 is 11.6 Å². The van der Waals surface area contributed by atoms with E-state index in [0.717, 1.165) is 35.4 Å². The number of ether oxygens (including phenoxy) is 1. The Labute approximate surface area is 179 Å². The van der Waals surface area contributed by atoms with E-state index in [-0.39, 0.29) is 5.91 Å². The second-order valence-corrected chi connectivity index (χ2v) is 11.1. The molecule has 0 aromatic heterocycles. The molecule has 4 aliphatic rings. The molecule has 1 spiro atoms. The number of hydrogen-bond acceptors (Lipinski definition) is 2. The van der Waals surface area contributed by atoms with Gasteiger partial charge >= 0.3 is 0 Å². The van der Waals surface area contributed by atoms with Gasteiger partial charge in [-0.15, -0.1) is 0 Å². The minimum atomic E-state index is -0.894. The van der Waals surface area contributed by atoms with Crippen LogP contribution in [0.4, 0.5) is 0 Å². The molecule has 3 nitrogen and oxygen atoms in total. The molecule has 5 rings (SSSR count). The van der Waals surface area contributed by atoms with Gasteiger partial charge in [0.15, 0.2) is 5.60 Å². The summed E-state index contributed by atoms with van der Waals surface area (Å²) in [6.07, 6.45) is 12.7. The van der Waals surface area contributed by atoms with E-state index in [1.54, 1.807) is 0 Å². The number of nitrogens with one attached hydrogen (secondary N) is 1. The van der Waals surface area contributed by atoms with Crippen molar-refractivity contribution in [3.05, 3.63) is 28.8 Å². The number of carbonyl (C=O) groups is 1. The molecule has 1 N–H and O–H groups in total. The molecule has 1 aromatic rings. The predicted molar refractivity (Wildman–Crippen MR) is 116 cm³/mol. The summed E-state index contributed by atoms with van der Waals surface area (Å²) in [5, 5.41) is 4.08. The number of halogens is 1. The maximum atomic E-state index is 13.2. The Morgan fingerprint density at radius 2 is 1.90 bits per heavy atom. The van der Waals surface area contributed by atoms with Crippen molar-refractivity contribution >= 4 is 17.5 Å². The van der Waals surface area contributed by atoms with Gasteiger partial charge in [0.05, 0.1) is 0 Å². The Morgan fingerprint density at radius 1 is 1.14 bits per heavy atom. The van der Waals surface area contributed by atoms with Crippen molar-refractivity contribution in [2.24, 2.45) is 17.3 Å². The Bertz CT molecular complexity index is 800. The minimum Gasteiger partial charge on any atom is -0.478 e. The molecule has 0 heterocycles. The van der Waals surface area contributed by atoms with Gasteiger partial charge in [-0.1, -0.05) is 30.9 Å². The van der Waals surface area contributed by atoms with Crippen molar-refractivity contribution in [3.63, 3.8) is 0 Å². The van der Waals surface area contributed by atoms with Crippen LogP contribution in [0.3, 0.4) is 0 Å². The van der Waals surface area contributed by atoms with Crippen molar-refractivity contribution in [2.45, 2.75) is 95.6 Å². The van der Waals surface area contributed by atoms with Gasteiger partial charge in [0.2, 0.25) is 0 Å². The molecule has 4 unspecified atom stereocenters. The maximum absolute atomic E-state index is 13.2. The van der Waals surface area contributed by atoms with E-state index in [4.69, 9.17) is 16.3 Å². The van der Waals surface area contributed by atoms with Crippen LogP contribution in [0.2, 0.25) is 5.02 Å². The minimum absolute atomic E-state index is 0.0134. The van der Waals surface area contributed by atoms with Crippen molar-refractivity contribution < 1.29 is 9.53 Å². The van der Waals surface area contributed by atoms with Gasteiger partial charge < -0.3 is 10.1 Å². The van der Waals surface area contributed by atoms with Crippen LogP contribution in [0, 0.1) is 17.3 Å². The SMILES string of the molecule is CC(C)(Oc1ccc(Cl)cc1C1CCCCC1)C(=O)NC1CC2CCC23CC3C1. The fourth-order valence-electron chi connectivity index (χ4n) is 6.52. The van der Waals surface area contributed by atoms with E-state index >= 15 is 0 Å². The molecule has 4 heteroatoms. The second-order valence-electron chi connectivity index (χ2n) is 10.6. The topological polar surface area (TPSA) is 38.3 Å². The van der Waals surface area contributed by atoms with E-state index in [2.05, 4.69) is 5.32 Å². The third-order valence-electron chi connectivity index (χ3n) is 8.45. The van der Waals surface area contributed by atoms with Crippen LogP contribution in [-0.2, 0) is 4.79 Å². The molecule has 0 saturated heterocycles. The van der Waals surface area contributed by atoms with E-state index in [0.29, 0.717) is 17.4 Å². The lowest BCUT2D eigenvalue weighted by Crippen LogP contribution is -2.52. The highest BCUT2D eigenvalue weighted by atomic mass is 35.5. The van der Waals surface area contributed by atoms with Crippen LogP contribution in [0.5, 0.6) is 5.75 Å². The largest absolute Gasteiger partial charge is 0.478 e. The number of hydrogen-bond donors (Lipinski definition) is 1. The molecule has 4 fully saturated rings. The summed E-state index contributed by atoms with van der Waals surface area (Å²) in [5.74, 6) is 3.03. The molecule has 0 radical (unpaired) electrons. The van der Waals surface area contributed by atoms with E-state index in [1.807, 2.05) is 32.0 Å². The van der Waals surface area contributed by atoms with Crippen molar-refractivity contribution in [2.75, 3.05) is 0 Å². The average molecular weight is 416 g/mol. The predicted octanol–water partition coefficient (Wildman–Crippen LogP) is 6.24. The van der Waals surface area contributed by atoms with E-state index < -0.39 is 5.60 Å². The third-order valence-corrected chi connectivity index (χ3v) is 8.69. The summed E-state index contributed by atoms with van der Waals surface area (Å²) >= 11 is 6.31. The first-order valence-electron chi connectivity index (χ1n) is 11.7. The van der Waals surface area contributed by atoms with Gasteiger partial charge in [0.1, 0.15) is 5.75 Å². The van der Waals surface area contributed by atoms with Crippen molar-refractivity contribution in [1.82, 2.24) is 5.32 Å². The van der Waals surface area contributed by atoms with E-state index in [9.17, 15) is 4.79 Å². The van der Waals surface area contributed by atoms with Crippen LogP contribution in [-0.4, -0.2) is 17.6 Å². The highest BCUT2D eigenvalue weighted by Crippen LogP contribution is 2.73. The second kappa shape index (κ2) is 7.18. The molecule has 29 heavy (non-hydrogen) atoms. The van der Waals surface area contributed by atoms with Crippen LogP contribution in [0.15, 0.2) is 18.2 Å². The first kappa shape index (κ1) is 19.7. The zero-order chi connectivity index (χ0) is 20.2. The number of amides is 1. The van der Waals surface area contributed by atoms with Crippen molar-refractivity contribution in [1.29, 1.82) is 0 Å². The molecule has 4 aliphatic carbocycles. The summed E-state index contributed by atoms with van der Waals surface area (Å²) in [6, 6.07) is 6.20. The Hall–Kier alpha value is -1.22. The highest BCUT2D eigenvalue weighted by Gasteiger charge is 2.66. The van der Waals surface area contributed by atoms with E-state index in [1.165, 1.54) is 56.9 Å². The van der Waals surface area contributed by atoms with Gasteiger partial charge in [-0.3, -0.25) is 4.79 Å². The smallest absolute Gasteiger partial charge is 0.263 e. The number of benzene rings is 1. The fourth-order valence-corrected chi connectivity index (χ4v) is 6.70. The molecular formula is C25H34ClNO2. The Balaban J connectivity index is 1.27. The summed E-state index contributed by atoms with van der Waals surface area (Å²) in [5.41, 5.74) is 0.980. The van der Waals surface area contributed by atoms with Crippen LogP contribution < -0.4 is 10.1 Å². The quantitative estimate of drug-likeness (QED) is 0.618. The first-order valence-corrected chi connectivity index (χ1v) is 12.0. The molecule has 0 aliphatic heterocycles. The summed E-state index contributed by atoms with van der Waals surface area (Å²) in [4.78, 5) is 13.2. The van der Waals surface area contributed by atoms with Gasteiger partial charge in [0, 0.05) is 11.1 Å². The van der Waals surface area contributed by atoms with Gasteiger partial charge in [0.25, 0.3) is 5.91 Å². The lowest BCUT2D eigenvalue weighted by atomic mass is 9.62. The average Bonchev–Trinajstić information content (AvgIpc) is 3.44. The zero-order valence-electron chi connectivity index (χ0n) is 17.8. The summed E-state index contributed by atoms with van der Waals surface area (Å²) < 4.78 is 6.37. The first-order chi connectivity index (χ1) is 13.9. The monoisotopic (exact) mass is 415 g/mol. The third kappa shape index (κ3) is 3.58. The molecule has 4 saturated carbocycles. The Morgan fingerprint density at radius 3 is 2.59 bits per heavy atom. The zero-order valence-corrected chi connectivity index (χ0v) is 18.6. The van der Waals surface area contributed by atoms with Crippen molar-refractivity contribution in [3.8, 4) is 5.75 Å². The number of rotatable bonds is 5. The Kier molecular flexibility index (Phi) is 4.89. The normalized spacial score (nSPS) is 33.8. The molecule has 4 atom stereocenters. The molecule has 1 amide bonds. The van der Waals surface area contributed by atoms with Crippen LogP contribution in [0.1, 0.15) is 89.5 Å². The lowest BCUT2D eigenvalue weighted by molar-refractivity contribution is -0.135. The molecule has 158 valence electrons. The lowest BCUT2D eigenvalue weighted by Gasteiger charge is -2.45. The van der Waals surface area contributed by atoms with Gasteiger partial charge in [-0.05, 0) is 106 Å². The summed E-state index contributed by atoms with van der Waals surface area (Å²) in [6.45, 7) is 3.80.